The minimum absolute atomic E-state index is 0.0103. The Hall–Kier alpha value is -1.59. The molecule has 1 aliphatic carbocycles. The molecule has 0 bridgehead atoms. The van der Waals surface area contributed by atoms with Crippen LogP contribution in [-0.4, -0.2) is 17.7 Å². The molecule has 1 fully saturated rings. The lowest BCUT2D eigenvalue weighted by molar-refractivity contribution is 0.0891. The van der Waals surface area contributed by atoms with Crippen molar-refractivity contribution in [1.29, 1.82) is 0 Å². The number of carbonyl (C=O) groups excluding carboxylic acids is 1. The van der Waals surface area contributed by atoms with E-state index in [1.807, 2.05) is 25.1 Å². The summed E-state index contributed by atoms with van der Waals surface area (Å²) < 4.78 is 1.04. The first-order valence-electron chi connectivity index (χ1n) is 9.90. The van der Waals surface area contributed by atoms with Gasteiger partial charge in [0.05, 0.1) is 5.69 Å². The summed E-state index contributed by atoms with van der Waals surface area (Å²) in [6.45, 7) is 6.57. The molecule has 2 aromatic carbocycles. The molecule has 2 aromatic rings. The van der Waals surface area contributed by atoms with Crippen LogP contribution >= 0.6 is 27.7 Å². The molecule has 4 rings (SSSR count). The maximum atomic E-state index is 12.9. The first kappa shape index (κ1) is 19.7. The van der Waals surface area contributed by atoms with Crippen molar-refractivity contribution in [3.63, 3.8) is 0 Å². The van der Waals surface area contributed by atoms with Crippen molar-refractivity contribution in [2.24, 2.45) is 16.8 Å². The highest BCUT2D eigenvalue weighted by Gasteiger charge is 2.28. The third-order valence-corrected chi connectivity index (χ3v) is 7.72. The van der Waals surface area contributed by atoms with Crippen molar-refractivity contribution in [2.45, 2.75) is 55.9 Å². The fraction of sp³-hybridized carbons (Fsp3) is 0.391. The average molecular weight is 457 g/mol. The first-order valence-corrected chi connectivity index (χ1v) is 11.5. The second-order valence-electron chi connectivity index (χ2n) is 7.97. The van der Waals surface area contributed by atoms with E-state index in [-0.39, 0.29) is 11.9 Å². The van der Waals surface area contributed by atoms with Crippen molar-refractivity contribution in [3.8, 4) is 0 Å². The van der Waals surface area contributed by atoms with Crippen LogP contribution in [0.2, 0.25) is 0 Å². The quantitative estimate of drug-likeness (QED) is 0.552. The van der Waals surface area contributed by atoms with Crippen LogP contribution in [0.5, 0.6) is 0 Å². The number of benzene rings is 2. The molecule has 28 heavy (non-hydrogen) atoms. The molecule has 0 radical (unpaired) electrons. The van der Waals surface area contributed by atoms with Gasteiger partial charge in [0.2, 0.25) is 0 Å². The fourth-order valence-corrected chi connectivity index (χ4v) is 5.50. The van der Waals surface area contributed by atoms with E-state index < -0.39 is 0 Å². The predicted octanol–water partition coefficient (Wildman–Crippen LogP) is 6.61. The number of amides is 1. The molecule has 5 heteroatoms. The Labute approximate surface area is 179 Å². The van der Waals surface area contributed by atoms with Gasteiger partial charge in [0.15, 0.2) is 0 Å². The van der Waals surface area contributed by atoms with Gasteiger partial charge < -0.3 is 5.32 Å². The zero-order valence-corrected chi connectivity index (χ0v) is 18.9. The lowest BCUT2D eigenvalue weighted by Crippen LogP contribution is -2.43. The summed E-state index contributed by atoms with van der Waals surface area (Å²) in [6, 6.07) is 12.4. The van der Waals surface area contributed by atoms with Crippen LogP contribution in [0.4, 0.5) is 5.69 Å². The molecule has 0 aromatic heterocycles. The number of carbonyl (C=O) groups is 1. The molecule has 2 aliphatic rings. The van der Waals surface area contributed by atoms with E-state index in [1.165, 1.54) is 17.7 Å². The molecule has 1 heterocycles. The van der Waals surface area contributed by atoms with Gasteiger partial charge in [0, 0.05) is 37.1 Å². The van der Waals surface area contributed by atoms with E-state index in [9.17, 15) is 4.79 Å². The first-order chi connectivity index (χ1) is 13.4. The standard InChI is InChI=1S/C23H25BrN2OS/c1-13-5-4-6-19(14(13)2)26-23(27)16-7-9-22-20(11-16)25-15(3)18-12-17(24)8-10-21(18)28-22/h7-14,19H,4-6H2,1-3H3,(H,26,27). The smallest absolute Gasteiger partial charge is 0.251 e. The van der Waals surface area contributed by atoms with Gasteiger partial charge in [-0.3, -0.25) is 9.79 Å². The minimum Gasteiger partial charge on any atom is -0.349 e. The largest absolute Gasteiger partial charge is 0.349 e. The normalized spacial score (nSPS) is 23.9. The van der Waals surface area contributed by atoms with Gasteiger partial charge >= 0.3 is 0 Å². The lowest BCUT2D eigenvalue weighted by Gasteiger charge is -2.34. The lowest BCUT2D eigenvalue weighted by atomic mass is 9.78. The number of rotatable bonds is 2. The van der Waals surface area contributed by atoms with Gasteiger partial charge in [-0.25, -0.2) is 0 Å². The number of hydrogen-bond acceptors (Lipinski definition) is 3. The van der Waals surface area contributed by atoms with Crippen LogP contribution in [0.25, 0.3) is 0 Å². The topological polar surface area (TPSA) is 41.5 Å². The number of nitrogens with one attached hydrogen (secondary N) is 1. The molecule has 1 amide bonds. The van der Waals surface area contributed by atoms with Crippen LogP contribution in [0.3, 0.4) is 0 Å². The monoisotopic (exact) mass is 456 g/mol. The van der Waals surface area contributed by atoms with Gasteiger partial charge in [-0.1, -0.05) is 54.4 Å². The average Bonchev–Trinajstić information content (AvgIpc) is 2.80. The number of fused-ring (bicyclic) bond motifs is 2. The summed E-state index contributed by atoms with van der Waals surface area (Å²) in [7, 11) is 0. The molecule has 3 nitrogen and oxygen atoms in total. The highest BCUT2D eigenvalue weighted by molar-refractivity contribution is 9.10. The Morgan fingerprint density at radius 1 is 1.14 bits per heavy atom. The molecule has 0 saturated heterocycles. The van der Waals surface area contributed by atoms with Gasteiger partial charge in [-0.05, 0) is 61.6 Å². The van der Waals surface area contributed by atoms with E-state index in [0.29, 0.717) is 17.4 Å². The van der Waals surface area contributed by atoms with Crippen LogP contribution in [0.1, 0.15) is 56.0 Å². The zero-order valence-electron chi connectivity index (χ0n) is 16.5. The maximum absolute atomic E-state index is 12.9. The molecular weight excluding hydrogens is 432 g/mol. The summed E-state index contributed by atoms with van der Waals surface area (Å²) in [5.74, 6) is 1.19. The van der Waals surface area contributed by atoms with E-state index in [1.54, 1.807) is 11.8 Å². The Kier molecular flexibility index (Phi) is 5.66. The molecule has 1 saturated carbocycles. The minimum atomic E-state index is 0.0103. The zero-order chi connectivity index (χ0) is 19.8. The molecule has 146 valence electrons. The Morgan fingerprint density at radius 3 is 2.75 bits per heavy atom. The fourth-order valence-electron chi connectivity index (χ4n) is 4.10. The third kappa shape index (κ3) is 3.92. The number of nitrogens with zero attached hydrogens (tertiary/aromatic N) is 1. The molecule has 0 spiro atoms. The SMILES string of the molecule is CC1=Nc2cc(C(=O)NC3CCCC(C)C3C)ccc2Sc2ccc(Br)cc21. The number of aliphatic imine (C=N–C) groups is 1. The van der Waals surface area contributed by atoms with Crippen LogP contribution < -0.4 is 5.32 Å². The van der Waals surface area contributed by atoms with Crippen molar-refractivity contribution in [3.05, 3.63) is 52.0 Å². The molecule has 3 unspecified atom stereocenters. The van der Waals surface area contributed by atoms with E-state index in [4.69, 9.17) is 4.99 Å². The highest BCUT2D eigenvalue weighted by atomic mass is 79.9. The second-order valence-corrected chi connectivity index (χ2v) is 9.97. The van der Waals surface area contributed by atoms with Crippen molar-refractivity contribution >= 4 is 45.0 Å². The second kappa shape index (κ2) is 8.03. The van der Waals surface area contributed by atoms with Crippen molar-refractivity contribution in [1.82, 2.24) is 5.32 Å². The van der Waals surface area contributed by atoms with Gasteiger partial charge in [-0.2, -0.15) is 0 Å². The van der Waals surface area contributed by atoms with Crippen LogP contribution in [0, 0.1) is 11.8 Å². The molecular formula is C23H25BrN2OS. The van der Waals surface area contributed by atoms with Gasteiger partial charge in [0.25, 0.3) is 5.91 Å². The van der Waals surface area contributed by atoms with Crippen LogP contribution in [-0.2, 0) is 0 Å². The van der Waals surface area contributed by atoms with E-state index >= 15 is 0 Å². The summed E-state index contributed by atoms with van der Waals surface area (Å²) in [5, 5.41) is 3.27. The predicted molar refractivity (Wildman–Crippen MR) is 120 cm³/mol. The van der Waals surface area contributed by atoms with E-state index in [0.717, 1.165) is 32.8 Å². The molecule has 1 N–H and O–H groups in total. The third-order valence-electron chi connectivity index (χ3n) is 6.08. The van der Waals surface area contributed by atoms with Crippen LogP contribution in [0.15, 0.2) is 55.7 Å². The Balaban J connectivity index is 1.60. The summed E-state index contributed by atoms with van der Waals surface area (Å²) in [5.41, 5.74) is 3.66. The summed E-state index contributed by atoms with van der Waals surface area (Å²) in [6.07, 6.45) is 3.52. The van der Waals surface area contributed by atoms with E-state index in [2.05, 4.69) is 53.3 Å². The Morgan fingerprint density at radius 2 is 1.93 bits per heavy atom. The van der Waals surface area contributed by atoms with Gasteiger partial charge in [-0.15, -0.1) is 0 Å². The summed E-state index contributed by atoms with van der Waals surface area (Å²) in [4.78, 5) is 20.0. The Bertz CT molecular complexity index is 956. The van der Waals surface area contributed by atoms with Crippen molar-refractivity contribution < 1.29 is 4.79 Å². The molecule has 3 atom stereocenters. The highest BCUT2D eigenvalue weighted by Crippen LogP contribution is 2.41. The van der Waals surface area contributed by atoms with Gasteiger partial charge in [0.1, 0.15) is 0 Å². The number of hydrogen-bond donors (Lipinski definition) is 1. The molecule has 1 aliphatic heterocycles. The van der Waals surface area contributed by atoms with Crippen molar-refractivity contribution in [2.75, 3.05) is 0 Å². The summed E-state index contributed by atoms with van der Waals surface area (Å²) >= 11 is 5.25. The number of halogens is 1. The maximum Gasteiger partial charge on any atom is 0.251 e.